The molecule has 0 bridgehead atoms. The van der Waals surface area contributed by atoms with Gasteiger partial charge in [-0.2, -0.15) is 0 Å². The van der Waals surface area contributed by atoms with Gasteiger partial charge in [-0.1, -0.05) is 0 Å². The zero-order valence-electron chi connectivity index (χ0n) is 24.9. The van der Waals surface area contributed by atoms with Gasteiger partial charge >= 0.3 is 237 Å². The number of rotatable bonds is 4. The Morgan fingerprint density at radius 2 is 1.53 bits per heavy atom. The molecule has 0 aromatic heterocycles. The molecule has 4 rings (SSSR count). The molecular weight excluding hydrogens is 512 g/mol. The maximum absolute atomic E-state index is 2.66. The molecule has 0 saturated heterocycles. The Labute approximate surface area is 236 Å². The summed E-state index contributed by atoms with van der Waals surface area (Å²) < 4.78 is 1.57. The van der Waals surface area contributed by atoms with Gasteiger partial charge in [-0.15, -0.1) is 0 Å². The Morgan fingerprint density at radius 3 is 1.97 bits per heavy atom. The molecule has 0 radical (unpaired) electrons. The summed E-state index contributed by atoms with van der Waals surface area (Å²) in [7, 11) is 0. The van der Waals surface area contributed by atoms with Crippen molar-refractivity contribution in [2.24, 2.45) is 22.7 Å². The Kier molecular flexibility index (Phi) is 7.13. The van der Waals surface area contributed by atoms with E-state index in [1.165, 1.54) is 57.4 Å². The van der Waals surface area contributed by atoms with Crippen molar-refractivity contribution in [3.63, 3.8) is 0 Å². The number of fused-ring (bicyclic) bond motifs is 2. The van der Waals surface area contributed by atoms with Crippen LogP contribution in [0, 0.1) is 22.7 Å². The minimum atomic E-state index is -0.00742. The Hall–Kier alpha value is -1.20. The first kappa shape index (κ1) is 27.8. The molecule has 0 spiro atoms. The Bertz CT molecular complexity index is 1340. The molecule has 1 unspecified atom stereocenters. The SMILES string of the molecule is CC(C)C1=CC2=c3c(C(C)C)cc(C(C)(C)C)cc3=[C]([Zr])C2=C(C2=CC=CC2)C1(C(C)C)C(C)(C)C. The predicted octanol–water partition coefficient (Wildman–Crippen LogP) is 8.39. The van der Waals surface area contributed by atoms with Gasteiger partial charge in [0.2, 0.25) is 0 Å². The van der Waals surface area contributed by atoms with Crippen molar-refractivity contribution in [3.05, 3.63) is 80.3 Å². The van der Waals surface area contributed by atoms with Crippen molar-refractivity contribution in [1.29, 1.82) is 0 Å². The van der Waals surface area contributed by atoms with Crippen LogP contribution in [-0.4, -0.2) is 0 Å². The predicted molar refractivity (Wildman–Crippen MR) is 154 cm³/mol. The van der Waals surface area contributed by atoms with E-state index in [9.17, 15) is 0 Å². The monoisotopic (exact) mass is 557 g/mol. The van der Waals surface area contributed by atoms with Crippen LogP contribution in [-0.2, 0) is 30.1 Å². The fraction of sp³-hybridized carbons (Fsp3) is 0.543. The molecule has 0 nitrogen and oxygen atoms in total. The van der Waals surface area contributed by atoms with E-state index in [0.717, 1.165) is 6.42 Å². The van der Waals surface area contributed by atoms with Crippen molar-refractivity contribution < 1.29 is 24.7 Å². The maximum atomic E-state index is 2.66. The van der Waals surface area contributed by atoms with Crippen LogP contribution in [0.3, 0.4) is 0 Å². The minimum absolute atomic E-state index is 0.00742. The standard InChI is InChI=1S/C35H47.Zr/c1-21(2)27-19-26(33(7,8)9)17-25-18-29-28(31(25)27)20-30(22(3)4)35(23(5)6,34(10,11)12)32(29)24-15-13-14-16-24;/h13-15,17,19-23H,16H2,1-12H3;. The molecule has 1 aromatic carbocycles. The van der Waals surface area contributed by atoms with Gasteiger partial charge in [-0.3, -0.25) is 0 Å². The fourth-order valence-corrected chi connectivity index (χ4v) is 8.55. The Balaban J connectivity index is 2.31. The molecule has 1 heteroatoms. The Morgan fingerprint density at radius 1 is 0.889 bits per heavy atom. The van der Waals surface area contributed by atoms with E-state index in [1.54, 1.807) is 20.0 Å². The number of hydrogen-bond donors (Lipinski definition) is 0. The van der Waals surface area contributed by atoms with Crippen LogP contribution in [0.1, 0.15) is 107 Å². The first-order chi connectivity index (χ1) is 16.5. The second-order valence-electron chi connectivity index (χ2n) is 14.2. The zero-order valence-corrected chi connectivity index (χ0v) is 27.4. The molecule has 1 atom stereocenters. The molecule has 1 aromatic rings. The molecule has 191 valence electrons. The number of hydrogen-bond acceptors (Lipinski definition) is 0. The van der Waals surface area contributed by atoms with Crippen molar-refractivity contribution >= 4 is 8.85 Å². The van der Waals surface area contributed by atoms with Crippen molar-refractivity contribution in [1.82, 2.24) is 0 Å². The third kappa shape index (κ3) is 4.02. The fourth-order valence-electron chi connectivity index (χ4n) is 7.42. The topological polar surface area (TPSA) is 0 Å². The van der Waals surface area contributed by atoms with E-state index in [4.69, 9.17) is 0 Å². The van der Waals surface area contributed by atoms with Gasteiger partial charge < -0.3 is 0 Å². The second-order valence-corrected chi connectivity index (χ2v) is 15.5. The summed E-state index contributed by atoms with van der Waals surface area (Å²) in [5, 5.41) is 3.03. The van der Waals surface area contributed by atoms with Crippen LogP contribution < -0.4 is 10.4 Å². The van der Waals surface area contributed by atoms with E-state index < -0.39 is 0 Å². The summed E-state index contributed by atoms with van der Waals surface area (Å²) in [6.45, 7) is 29.1. The van der Waals surface area contributed by atoms with E-state index in [1.807, 2.05) is 0 Å². The number of benzene rings is 1. The molecule has 0 N–H and O–H groups in total. The molecule has 0 aliphatic heterocycles. The van der Waals surface area contributed by atoms with Gasteiger partial charge in [-0.05, 0) is 0 Å². The molecule has 0 fully saturated rings. The zero-order chi connectivity index (χ0) is 27.0. The second kappa shape index (κ2) is 9.22. The summed E-state index contributed by atoms with van der Waals surface area (Å²) >= 11 is 1.53. The van der Waals surface area contributed by atoms with Gasteiger partial charge in [0, 0.05) is 0 Å². The van der Waals surface area contributed by atoms with Crippen LogP contribution in [0.5, 0.6) is 0 Å². The molecule has 36 heavy (non-hydrogen) atoms. The van der Waals surface area contributed by atoms with E-state index in [-0.39, 0.29) is 16.2 Å². The van der Waals surface area contributed by atoms with Crippen LogP contribution in [0.4, 0.5) is 0 Å². The first-order valence-electron chi connectivity index (χ1n) is 14.0. The molecule has 0 heterocycles. The van der Waals surface area contributed by atoms with Gasteiger partial charge in [0.15, 0.2) is 0 Å². The number of allylic oxidation sites excluding steroid dienone is 8. The summed E-state index contributed by atoms with van der Waals surface area (Å²) in [6, 6.07) is 5.06. The van der Waals surface area contributed by atoms with Crippen molar-refractivity contribution in [2.75, 3.05) is 0 Å². The van der Waals surface area contributed by atoms with E-state index in [0.29, 0.717) is 17.8 Å². The summed E-state index contributed by atoms with van der Waals surface area (Å²) in [4.78, 5) is 0. The molecule has 0 amide bonds. The van der Waals surface area contributed by atoms with E-state index in [2.05, 4.69) is 120 Å². The van der Waals surface area contributed by atoms with Crippen LogP contribution in [0.25, 0.3) is 8.85 Å². The van der Waals surface area contributed by atoms with Gasteiger partial charge in [-0.25, -0.2) is 0 Å². The summed E-state index contributed by atoms with van der Waals surface area (Å²) in [5.41, 5.74) is 11.1. The van der Waals surface area contributed by atoms with Crippen LogP contribution in [0.15, 0.2) is 58.7 Å². The van der Waals surface area contributed by atoms with Gasteiger partial charge in [0.25, 0.3) is 0 Å². The third-order valence-corrected chi connectivity index (χ3v) is 10.2. The first-order valence-corrected chi connectivity index (χ1v) is 15.3. The van der Waals surface area contributed by atoms with Crippen molar-refractivity contribution in [3.8, 4) is 0 Å². The molecular formula is C35H47Zr. The average molecular weight is 559 g/mol. The van der Waals surface area contributed by atoms with E-state index >= 15 is 0 Å². The average Bonchev–Trinajstić information content (AvgIpc) is 3.37. The third-order valence-electron chi connectivity index (χ3n) is 8.88. The van der Waals surface area contributed by atoms with Gasteiger partial charge in [0.1, 0.15) is 0 Å². The van der Waals surface area contributed by atoms with Crippen molar-refractivity contribution in [2.45, 2.75) is 101 Å². The summed E-state index contributed by atoms with van der Waals surface area (Å²) in [6.07, 6.45) is 10.8. The molecule has 3 aliphatic rings. The summed E-state index contributed by atoms with van der Waals surface area (Å²) in [5.74, 6) is 1.47. The van der Waals surface area contributed by atoms with Gasteiger partial charge in [0.05, 0.1) is 0 Å². The quantitative estimate of drug-likeness (QED) is 0.348. The van der Waals surface area contributed by atoms with Crippen LogP contribution in [0.2, 0.25) is 0 Å². The molecule has 3 aliphatic carbocycles. The molecule has 0 saturated carbocycles. The van der Waals surface area contributed by atoms with Crippen LogP contribution >= 0.6 is 0 Å². The normalized spacial score (nSPS) is 22.2.